The van der Waals surface area contributed by atoms with Gasteiger partial charge >= 0.3 is 11.5 Å². The van der Waals surface area contributed by atoms with Gasteiger partial charge in [0.1, 0.15) is 11.5 Å². The third-order valence-electron chi connectivity index (χ3n) is 3.54. The fraction of sp³-hybridized carbons (Fsp3) is 0.150. The molecule has 3 heteroatoms. The minimum atomic E-state index is 0.663. The highest BCUT2D eigenvalue weighted by atomic mass is 16.5. The Kier molecular flexibility index (Phi) is 4.57. The molecule has 0 bridgehead atoms. The summed E-state index contributed by atoms with van der Waals surface area (Å²) in [6.45, 7) is 2.64. The van der Waals surface area contributed by atoms with Crippen molar-refractivity contribution in [3.05, 3.63) is 66.7 Å². The third kappa shape index (κ3) is 3.51. The third-order valence-corrected chi connectivity index (χ3v) is 3.54. The molecule has 23 heavy (non-hydrogen) atoms. The summed E-state index contributed by atoms with van der Waals surface area (Å²) < 4.78 is 16.7. The van der Waals surface area contributed by atoms with Gasteiger partial charge < -0.3 is 9.47 Å². The summed E-state index contributed by atoms with van der Waals surface area (Å²) in [4.78, 5) is 0. The van der Waals surface area contributed by atoms with Gasteiger partial charge in [-0.05, 0) is 61.5 Å². The van der Waals surface area contributed by atoms with Crippen molar-refractivity contribution in [2.75, 3.05) is 13.7 Å². The number of hydrogen-bond acceptors (Lipinski definition) is 2. The monoisotopic (exact) mass is 307 g/mol. The van der Waals surface area contributed by atoms with Crippen LogP contribution in [-0.2, 0) is 0 Å². The SMILES string of the molecule is CCOc1ccc(-c2cccc(-c3ccc(OC)cc3)[o+]2)cc1. The van der Waals surface area contributed by atoms with Crippen LogP contribution in [0.25, 0.3) is 22.6 Å². The van der Waals surface area contributed by atoms with Crippen molar-refractivity contribution in [2.24, 2.45) is 0 Å². The molecule has 0 fully saturated rings. The Morgan fingerprint density at radius 1 is 0.739 bits per heavy atom. The van der Waals surface area contributed by atoms with E-state index in [1.807, 2.05) is 73.7 Å². The topological polar surface area (TPSA) is 29.8 Å². The standard InChI is InChI=1S/C20H19O3/c1-3-22-18-13-9-16(10-14-18)20-6-4-5-19(23-20)15-7-11-17(21-2)12-8-15/h4-14H,3H2,1-2H3/q+1. The Labute approximate surface area is 136 Å². The molecule has 0 atom stereocenters. The minimum Gasteiger partial charge on any atom is -0.497 e. The Morgan fingerprint density at radius 2 is 1.26 bits per heavy atom. The van der Waals surface area contributed by atoms with Crippen LogP contribution in [0, 0.1) is 0 Å². The lowest BCUT2D eigenvalue weighted by molar-refractivity contribution is 0.340. The second kappa shape index (κ2) is 6.97. The van der Waals surface area contributed by atoms with Crippen molar-refractivity contribution in [3.8, 4) is 34.1 Å². The van der Waals surface area contributed by atoms with E-state index in [0.717, 1.165) is 34.1 Å². The van der Waals surface area contributed by atoms with E-state index in [-0.39, 0.29) is 0 Å². The molecular formula is C20H19O3+. The maximum Gasteiger partial charge on any atom is 0.360 e. The van der Waals surface area contributed by atoms with E-state index in [1.54, 1.807) is 7.11 Å². The van der Waals surface area contributed by atoms with Gasteiger partial charge in [-0.2, -0.15) is 0 Å². The summed E-state index contributed by atoms with van der Waals surface area (Å²) in [5.41, 5.74) is 2.03. The van der Waals surface area contributed by atoms with Gasteiger partial charge in [0.2, 0.25) is 0 Å². The number of benzene rings is 2. The van der Waals surface area contributed by atoms with Crippen LogP contribution in [0.4, 0.5) is 0 Å². The zero-order valence-corrected chi connectivity index (χ0v) is 13.3. The average Bonchev–Trinajstić information content (AvgIpc) is 2.63. The van der Waals surface area contributed by atoms with Gasteiger partial charge in [0.25, 0.3) is 0 Å². The van der Waals surface area contributed by atoms with Crippen molar-refractivity contribution in [2.45, 2.75) is 6.92 Å². The Hall–Kier alpha value is -2.81. The van der Waals surface area contributed by atoms with E-state index in [0.29, 0.717) is 6.61 Å². The molecule has 0 spiro atoms. The zero-order chi connectivity index (χ0) is 16.1. The molecule has 0 aliphatic rings. The lowest BCUT2D eigenvalue weighted by Crippen LogP contribution is -1.90. The maximum atomic E-state index is 6.04. The average molecular weight is 307 g/mol. The Morgan fingerprint density at radius 3 is 1.74 bits per heavy atom. The van der Waals surface area contributed by atoms with Crippen LogP contribution in [0.3, 0.4) is 0 Å². The maximum absolute atomic E-state index is 6.04. The number of methoxy groups -OCH3 is 1. The predicted octanol–water partition coefficient (Wildman–Crippen LogP) is 5.30. The molecule has 0 aliphatic carbocycles. The van der Waals surface area contributed by atoms with Gasteiger partial charge in [-0.15, -0.1) is 0 Å². The van der Waals surface area contributed by atoms with Crippen LogP contribution in [-0.4, -0.2) is 13.7 Å². The first-order valence-electron chi connectivity index (χ1n) is 7.61. The highest BCUT2D eigenvalue weighted by Crippen LogP contribution is 2.28. The highest BCUT2D eigenvalue weighted by molar-refractivity contribution is 5.63. The second-order valence-corrected chi connectivity index (χ2v) is 5.04. The van der Waals surface area contributed by atoms with Crippen LogP contribution >= 0.6 is 0 Å². The number of hydrogen-bond donors (Lipinski definition) is 0. The van der Waals surface area contributed by atoms with Crippen molar-refractivity contribution in [1.29, 1.82) is 0 Å². The van der Waals surface area contributed by atoms with Crippen molar-refractivity contribution in [1.82, 2.24) is 0 Å². The molecule has 116 valence electrons. The van der Waals surface area contributed by atoms with Crippen LogP contribution in [0.5, 0.6) is 11.5 Å². The molecule has 3 aromatic rings. The van der Waals surface area contributed by atoms with Crippen molar-refractivity contribution < 1.29 is 13.9 Å². The smallest absolute Gasteiger partial charge is 0.360 e. The van der Waals surface area contributed by atoms with Crippen molar-refractivity contribution >= 4 is 0 Å². The van der Waals surface area contributed by atoms with Gasteiger partial charge in [0, 0.05) is 12.1 Å². The molecule has 2 aromatic carbocycles. The van der Waals surface area contributed by atoms with Crippen molar-refractivity contribution in [3.63, 3.8) is 0 Å². The van der Waals surface area contributed by atoms with Gasteiger partial charge in [-0.25, -0.2) is 4.42 Å². The lowest BCUT2D eigenvalue weighted by Gasteiger charge is -2.02. The summed E-state index contributed by atoms with van der Waals surface area (Å²) in [6.07, 6.45) is 0. The largest absolute Gasteiger partial charge is 0.497 e. The molecular weight excluding hydrogens is 288 g/mol. The van der Waals surface area contributed by atoms with E-state index in [2.05, 4.69) is 0 Å². The van der Waals surface area contributed by atoms with E-state index in [4.69, 9.17) is 13.9 Å². The van der Waals surface area contributed by atoms with Crippen LogP contribution in [0.1, 0.15) is 6.92 Å². The minimum absolute atomic E-state index is 0.663. The summed E-state index contributed by atoms with van der Waals surface area (Å²) in [5, 5.41) is 0. The first-order valence-corrected chi connectivity index (χ1v) is 7.61. The van der Waals surface area contributed by atoms with Gasteiger partial charge in [0.05, 0.1) is 24.8 Å². The molecule has 0 radical (unpaired) electrons. The predicted molar refractivity (Wildman–Crippen MR) is 91.7 cm³/mol. The molecule has 1 heterocycles. The van der Waals surface area contributed by atoms with Gasteiger partial charge in [0.15, 0.2) is 0 Å². The quantitative estimate of drug-likeness (QED) is 0.599. The summed E-state index contributed by atoms with van der Waals surface area (Å²) >= 11 is 0. The molecule has 0 aliphatic heterocycles. The molecule has 0 unspecified atom stereocenters. The van der Waals surface area contributed by atoms with E-state index >= 15 is 0 Å². The first kappa shape index (κ1) is 15.1. The van der Waals surface area contributed by atoms with Crippen LogP contribution < -0.4 is 9.47 Å². The zero-order valence-electron chi connectivity index (χ0n) is 13.3. The summed E-state index contributed by atoms with van der Waals surface area (Å²) in [5.74, 6) is 3.33. The Balaban J connectivity index is 1.89. The molecule has 3 nitrogen and oxygen atoms in total. The molecule has 0 amide bonds. The summed E-state index contributed by atoms with van der Waals surface area (Å²) in [6, 6.07) is 21.6. The number of ether oxygens (including phenoxy) is 2. The van der Waals surface area contributed by atoms with Crippen LogP contribution in [0.2, 0.25) is 0 Å². The highest BCUT2D eigenvalue weighted by Gasteiger charge is 2.16. The lowest BCUT2D eigenvalue weighted by atomic mass is 10.1. The fourth-order valence-corrected chi connectivity index (χ4v) is 2.36. The van der Waals surface area contributed by atoms with E-state index < -0.39 is 0 Å². The fourth-order valence-electron chi connectivity index (χ4n) is 2.36. The van der Waals surface area contributed by atoms with Gasteiger partial charge in [-0.3, -0.25) is 0 Å². The molecule has 0 saturated carbocycles. The second-order valence-electron chi connectivity index (χ2n) is 5.04. The van der Waals surface area contributed by atoms with E-state index in [1.165, 1.54) is 0 Å². The normalized spacial score (nSPS) is 10.3. The first-order chi connectivity index (χ1) is 11.3. The molecule has 0 N–H and O–H groups in total. The Bertz CT molecular complexity index is 762. The number of rotatable bonds is 5. The molecule has 0 saturated heterocycles. The summed E-state index contributed by atoms with van der Waals surface area (Å²) in [7, 11) is 1.66. The van der Waals surface area contributed by atoms with Gasteiger partial charge in [-0.1, -0.05) is 0 Å². The molecule has 1 aromatic heterocycles. The van der Waals surface area contributed by atoms with Crippen LogP contribution in [0.15, 0.2) is 71.1 Å². The van der Waals surface area contributed by atoms with E-state index in [9.17, 15) is 0 Å². The molecule has 3 rings (SSSR count).